The molecule has 29 heavy (non-hydrogen) atoms. The van der Waals surface area contributed by atoms with Gasteiger partial charge in [0.1, 0.15) is 12.4 Å². The first-order valence-corrected chi connectivity index (χ1v) is 9.36. The molecule has 0 radical (unpaired) electrons. The average molecular weight is 394 g/mol. The zero-order valence-electron chi connectivity index (χ0n) is 15.4. The van der Waals surface area contributed by atoms with Crippen LogP contribution in [0.25, 0.3) is 22.3 Å². The largest absolute Gasteiger partial charge is 0.508 e. The SMILES string of the molecule is O=C1OCc2c(cc3n(c2=O)Cc2cc4c(CCCO)c(O)ccc4nc2-3)[C@@H]1O. The molecule has 8 heteroatoms. The maximum Gasteiger partial charge on any atom is 0.340 e. The van der Waals surface area contributed by atoms with Crippen LogP contribution in [0.1, 0.15) is 34.8 Å². The van der Waals surface area contributed by atoms with E-state index >= 15 is 0 Å². The number of nitrogens with zero attached hydrogens (tertiary/aromatic N) is 2. The first kappa shape index (κ1) is 17.8. The summed E-state index contributed by atoms with van der Waals surface area (Å²) in [5.41, 5.74) is 3.58. The molecule has 0 saturated carbocycles. The molecule has 0 aliphatic carbocycles. The van der Waals surface area contributed by atoms with Gasteiger partial charge in [0.25, 0.3) is 5.56 Å². The number of benzene rings is 1. The summed E-state index contributed by atoms with van der Waals surface area (Å²) in [5.74, 6) is -0.620. The van der Waals surface area contributed by atoms with Crippen molar-refractivity contribution in [3.63, 3.8) is 0 Å². The van der Waals surface area contributed by atoms with Gasteiger partial charge in [0, 0.05) is 28.7 Å². The Labute approximate surface area is 164 Å². The Morgan fingerprint density at radius 2 is 2.07 bits per heavy atom. The van der Waals surface area contributed by atoms with Crippen LogP contribution in [0.15, 0.2) is 29.1 Å². The zero-order chi connectivity index (χ0) is 20.3. The van der Waals surface area contributed by atoms with Gasteiger partial charge in [0.2, 0.25) is 0 Å². The topological polar surface area (TPSA) is 122 Å². The van der Waals surface area contributed by atoms with Crippen molar-refractivity contribution in [1.82, 2.24) is 9.55 Å². The molecule has 5 rings (SSSR count). The number of aliphatic hydroxyl groups excluding tert-OH is 2. The van der Waals surface area contributed by atoms with Crippen LogP contribution in [-0.4, -0.2) is 37.4 Å². The number of aromatic nitrogens is 2. The molecule has 2 aliphatic rings. The van der Waals surface area contributed by atoms with Crippen molar-refractivity contribution in [2.45, 2.75) is 32.1 Å². The fraction of sp³-hybridized carbons (Fsp3) is 0.286. The summed E-state index contributed by atoms with van der Waals surface area (Å²) in [6.07, 6.45) is -0.460. The van der Waals surface area contributed by atoms with E-state index in [0.29, 0.717) is 41.9 Å². The number of esters is 1. The minimum atomic E-state index is -1.48. The second-order valence-electron chi connectivity index (χ2n) is 7.32. The van der Waals surface area contributed by atoms with Gasteiger partial charge in [-0.15, -0.1) is 0 Å². The van der Waals surface area contributed by atoms with Crippen LogP contribution in [0.3, 0.4) is 0 Å². The van der Waals surface area contributed by atoms with Crippen LogP contribution in [-0.2, 0) is 29.1 Å². The monoisotopic (exact) mass is 394 g/mol. The standard InChI is InChI=1S/C21H18N2O6/c24-5-1-2-11-12-6-10-8-23-16(18(10)22-15(12)3-4-17(11)25)7-13-14(20(23)27)9-29-21(28)19(13)26/h3-4,6-7,19,24-26H,1-2,5,8-9H2/t19-/m0/s1. The normalized spacial score (nSPS) is 17.0. The predicted octanol–water partition coefficient (Wildman–Crippen LogP) is 1.15. The molecule has 1 aromatic carbocycles. The smallest absolute Gasteiger partial charge is 0.340 e. The maximum absolute atomic E-state index is 12.9. The highest BCUT2D eigenvalue weighted by Gasteiger charge is 2.33. The Balaban J connectivity index is 1.71. The number of phenols is 1. The van der Waals surface area contributed by atoms with E-state index in [9.17, 15) is 19.8 Å². The van der Waals surface area contributed by atoms with E-state index < -0.39 is 12.1 Å². The number of hydrogen-bond acceptors (Lipinski definition) is 7. The fourth-order valence-electron chi connectivity index (χ4n) is 4.16. The van der Waals surface area contributed by atoms with Crippen molar-refractivity contribution in [2.24, 2.45) is 0 Å². The summed E-state index contributed by atoms with van der Waals surface area (Å²) >= 11 is 0. The molecule has 0 spiro atoms. The van der Waals surface area contributed by atoms with Crippen LogP contribution < -0.4 is 5.56 Å². The van der Waals surface area contributed by atoms with Crippen LogP contribution in [0.4, 0.5) is 0 Å². The number of aryl methyl sites for hydroxylation is 1. The molecule has 8 nitrogen and oxygen atoms in total. The Hall–Kier alpha value is -3.23. The minimum absolute atomic E-state index is 0.0176. The van der Waals surface area contributed by atoms with E-state index in [0.717, 1.165) is 10.9 Å². The van der Waals surface area contributed by atoms with E-state index in [1.165, 1.54) is 0 Å². The minimum Gasteiger partial charge on any atom is -0.508 e. The van der Waals surface area contributed by atoms with Crippen molar-refractivity contribution in [3.8, 4) is 17.1 Å². The zero-order valence-corrected chi connectivity index (χ0v) is 15.4. The molecule has 0 amide bonds. The summed E-state index contributed by atoms with van der Waals surface area (Å²) in [7, 11) is 0. The summed E-state index contributed by atoms with van der Waals surface area (Å²) in [6.45, 7) is 0.165. The highest BCUT2D eigenvalue weighted by atomic mass is 16.5. The summed E-state index contributed by atoms with van der Waals surface area (Å²) < 4.78 is 6.46. The van der Waals surface area contributed by atoms with Crippen molar-refractivity contribution >= 4 is 16.9 Å². The van der Waals surface area contributed by atoms with E-state index in [2.05, 4.69) is 0 Å². The molecule has 4 heterocycles. The molecular weight excluding hydrogens is 376 g/mol. The van der Waals surface area contributed by atoms with Crippen LogP contribution in [0, 0.1) is 0 Å². The lowest BCUT2D eigenvalue weighted by Crippen LogP contribution is -2.32. The van der Waals surface area contributed by atoms with Crippen molar-refractivity contribution < 1.29 is 24.9 Å². The van der Waals surface area contributed by atoms with E-state index in [1.54, 1.807) is 22.8 Å². The van der Waals surface area contributed by atoms with Gasteiger partial charge >= 0.3 is 5.97 Å². The van der Waals surface area contributed by atoms with Gasteiger partial charge in [-0.25, -0.2) is 9.78 Å². The predicted molar refractivity (Wildman–Crippen MR) is 102 cm³/mol. The average Bonchev–Trinajstić information content (AvgIpc) is 3.07. The second-order valence-corrected chi connectivity index (χ2v) is 7.32. The van der Waals surface area contributed by atoms with Crippen molar-refractivity contribution in [1.29, 1.82) is 0 Å². The van der Waals surface area contributed by atoms with E-state index in [4.69, 9.17) is 14.8 Å². The third kappa shape index (κ3) is 2.56. The molecule has 1 atom stereocenters. The molecule has 2 aromatic heterocycles. The number of aromatic hydroxyl groups is 1. The Morgan fingerprint density at radius 3 is 2.86 bits per heavy atom. The fourth-order valence-corrected chi connectivity index (χ4v) is 4.16. The number of carbonyl (C=O) groups excluding carboxylic acids is 1. The lowest BCUT2D eigenvalue weighted by molar-refractivity contribution is -0.157. The van der Waals surface area contributed by atoms with Gasteiger partial charge in [-0.2, -0.15) is 0 Å². The first-order valence-electron chi connectivity index (χ1n) is 9.36. The second kappa shape index (κ2) is 6.40. The number of ether oxygens (including phenoxy) is 1. The van der Waals surface area contributed by atoms with Crippen LogP contribution in [0.5, 0.6) is 5.75 Å². The van der Waals surface area contributed by atoms with Gasteiger partial charge in [0.15, 0.2) is 6.10 Å². The van der Waals surface area contributed by atoms with Gasteiger partial charge in [-0.1, -0.05) is 0 Å². The molecule has 2 aliphatic heterocycles. The maximum atomic E-state index is 12.9. The number of pyridine rings is 2. The summed E-state index contributed by atoms with van der Waals surface area (Å²) in [4.78, 5) is 29.4. The van der Waals surface area contributed by atoms with Gasteiger partial charge in [-0.05, 0) is 37.1 Å². The number of phenolic OH excluding ortho intramolecular Hbond substituents is 1. The van der Waals surface area contributed by atoms with Gasteiger partial charge < -0.3 is 24.6 Å². The Morgan fingerprint density at radius 1 is 1.24 bits per heavy atom. The van der Waals surface area contributed by atoms with Crippen molar-refractivity contribution in [3.05, 3.63) is 56.9 Å². The highest BCUT2D eigenvalue weighted by Crippen LogP contribution is 2.37. The molecule has 3 N–H and O–H groups in total. The number of hydrogen-bond donors (Lipinski definition) is 3. The number of aliphatic hydroxyl groups is 2. The highest BCUT2D eigenvalue weighted by molar-refractivity contribution is 5.88. The van der Waals surface area contributed by atoms with Crippen LogP contribution in [0.2, 0.25) is 0 Å². The van der Waals surface area contributed by atoms with E-state index in [1.807, 2.05) is 6.07 Å². The van der Waals surface area contributed by atoms with Gasteiger partial charge in [-0.3, -0.25) is 4.79 Å². The molecule has 0 unspecified atom stereocenters. The third-order valence-electron chi connectivity index (χ3n) is 5.63. The quantitative estimate of drug-likeness (QED) is 0.446. The third-order valence-corrected chi connectivity index (χ3v) is 5.63. The number of carbonyl (C=O) groups is 1. The summed E-state index contributed by atoms with van der Waals surface area (Å²) in [6, 6.07) is 6.83. The Bertz CT molecular complexity index is 1250. The number of cyclic esters (lactones) is 1. The molecule has 0 saturated heterocycles. The van der Waals surface area contributed by atoms with E-state index in [-0.39, 0.29) is 35.6 Å². The number of fused-ring (bicyclic) bond motifs is 5. The van der Waals surface area contributed by atoms with Crippen LogP contribution >= 0.6 is 0 Å². The molecule has 3 aromatic rings. The molecular formula is C21H18N2O6. The molecule has 0 fully saturated rings. The number of rotatable bonds is 3. The Kier molecular flexibility index (Phi) is 3.94. The molecule has 148 valence electrons. The molecule has 0 bridgehead atoms. The van der Waals surface area contributed by atoms with Crippen molar-refractivity contribution in [2.75, 3.05) is 6.61 Å². The first-order chi connectivity index (χ1) is 14.0. The lowest BCUT2D eigenvalue weighted by Gasteiger charge is -2.21. The summed E-state index contributed by atoms with van der Waals surface area (Å²) in [5, 5.41) is 30.4. The lowest BCUT2D eigenvalue weighted by atomic mass is 9.99. The van der Waals surface area contributed by atoms with Gasteiger partial charge in [0.05, 0.1) is 29.0 Å².